The average Bonchev–Trinajstić information content (AvgIpc) is 2.62. The molecule has 0 saturated carbocycles. The molecule has 0 bridgehead atoms. The fourth-order valence-corrected chi connectivity index (χ4v) is 3.22. The van der Waals surface area contributed by atoms with Crippen LogP contribution >= 0.6 is 0 Å². The summed E-state index contributed by atoms with van der Waals surface area (Å²) in [6, 6.07) is 7.66. The van der Waals surface area contributed by atoms with Gasteiger partial charge in [0.1, 0.15) is 6.10 Å². The van der Waals surface area contributed by atoms with Crippen molar-refractivity contribution in [2.75, 3.05) is 0 Å². The molecule has 0 aromatic heterocycles. The first-order chi connectivity index (χ1) is 12.2. The van der Waals surface area contributed by atoms with Gasteiger partial charge in [0.25, 0.3) is 0 Å². The molecule has 0 heterocycles. The van der Waals surface area contributed by atoms with Crippen molar-refractivity contribution in [2.24, 2.45) is 0 Å². The number of ether oxygens (including phenoxy) is 1. The Hall–Kier alpha value is -1.31. The molecule has 1 atom stereocenters. The fourth-order valence-electron chi connectivity index (χ4n) is 3.22. The van der Waals surface area contributed by atoms with Crippen molar-refractivity contribution in [3.63, 3.8) is 0 Å². The molecule has 1 unspecified atom stereocenters. The van der Waals surface area contributed by atoms with E-state index in [0.717, 1.165) is 24.8 Å². The Labute approximate surface area is 155 Å². The van der Waals surface area contributed by atoms with Gasteiger partial charge in [-0.3, -0.25) is 0 Å². The first-order valence-electron chi connectivity index (χ1n) is 10.5. The third-order valence-electron chi connectivity index (χ3n) is 4.97. The van der Waals surface area contributed by atoms with E-state index >= 15 is 0 Å². The predicted octanol–water partition coefficient (Wildman–Crippen LogP) is 7.24. The van der Waals surface area contributed by atoms with Crippen LogP contribution in [0.2, 0.25) is 0 Å². The topological polar surface area (TPSA) is 26.3 Å². The second-order valence-corrected chi connectivity index (χ2v) is 7.22. The van der Waals surface area contributed by atoms with Gasteiger partial charge in [0, 0.05) is 0 Å². The summed E-state index contributed by atoms with van der Waals surface area (Å²) >= 11 is 0. The minimum absolute atomic E-state index is 0.0566. The number of benzene rings is 1. The minimum atomic E-state index is -0.169. The van der Waals surface area contributed by atoms with Gasteiger partial charge in [0.15, 0.2) is 0 Å². The predicted molar refractivity (Wildman–Crippen MR) is 107 cm³/mol. The number of carbonyl (C=O) groups excluding carboxylic acids is 1. The van der Waals surface area contributed by atoms with Crippen molar-refractivity contribution in [3.8, 4) is 0 Å². The van der Waals surface area contributed by atoms with E-state index in [9.17, 15) is 4.79 Å². The average molecular weight is 347 g/mol. The summed E-state index contributed by atoms with van der Waals surface area (Å²) < 4.78 is 5.71. The Kier molecular flexibility index (Phi) is 12.1. The number of rotatable bonds is 14. The van der Waals surface area contributed by atoms with E-state index in [2.05, 4.69) is 13.8 Å². The number of hydrogen-bond acceptors (Lipinski definition) is 2. The van der Waals surface area contributed by atoms with Crippen LogP contribution in [0.3, 0.4) is 0 Å². The fraction of sp³-hybridized carbons (Fsp3) is 0.696. The highest BCUT2D eigenvalue weighted by Crippen LogP contribution is 2.16. The van der Waals surface area contributed by atoms with Gasteiger partial charge in [0.2, 0.25) is 0 Å². The smallest absolute Gasteiger partial charge is 0.338 e. The second kappa shape index (κ2) is 13.9. The summed E-state index contributed by atoms with van der Waals surface area (Å²) in [5.41, 5.74) is 1.69. The number of esters is 1. The molecule has 2 heteroatoms. The lowest BCUT2D eigenvalue weighted by Crippen LogP contribution is -2.18. The first kappa shape index (κ1) is 21.7. The highest BCUT2D eigenvalue weighted by Gasteiger charge is 2.15. The van der Waals surface area contributed by atoms with Crippen LogP contribution in [0, 0.1) is 6.92 Å². The van der Waals surface area contributed by atoms with Crippen LogP contribution in [-0.2, 0) is 4.74 Å². The molecule has 0 amide bonds. The van der Waals surface area contributed by atoms with Gasteiger partial charge in [0.05, 0.1) is 5.56 Å². The van der Waals surface area contributed by atoms with Crippen LogP contribution in [0.4, 0.5) is 0 Å². The molecule has 0 radical (unpaired) electrons. The summed E-state index contributed by atoms with van der Waals surface area (Å²) in [6.45, 7) is 6.33. The molecule has 1 aromatic carbocycles. The molecular weight excluding hydrogens is 308 g/mol. The SMILES string of the molecule is CCCCCCCCCCCCC(CC)OC(=O)c1ccccc1C. The van der Waals surface area contributed by atoms with Crippen molar-refractivity contribution in [1.29, 1.82) is 0 Å². The summed E-state index contributed by atoms with van der Waals surface area (Å²) in [5.74, 6) is -0.169. The third kappa shape index (κ3) is 9.67. The molecule has 142 valence electrons. The zero-order valence-corrected chi connectivity index (χ0v) is 16.7. The van der Waals surface area contributed by atoms with Crippen molar-refractivity contribution in [3.05, 3.63) is 35.4 Å². The molecule has 1 aromatic rings. The Morgan fingerprint density at radius 2 is 1.44 bits per heavy atom. The Morgan fingerprint density at radius 1 is 0.880 bits per heavy atom. The van der Waals surface area contributed by atoms with Gasteiger partial charge >= 0.3 is 5.97 Å². The summed E-state index contributed by atoms with van der Waals surface area (Å²) in [7, 11) is 0. The molecule has 0 aliphatic heterocycles. The standard InChI is InChI=1S/C23H38O2/c1-4-6-7-8-9-10-11-12-13-14-18-21(5-2)25-23(24)22-19-16-15-17-20(22)3/h15-17,19,21H,4-14,18H2,1-3H3. The van der Waals surface area contributed by atoms with Gasteiger partial charge in [-0.1, -0.05) is 89.8 Å². The zero-order valence-electron chi connectivity index (χ0n) is 16.7. The minimum Gasteiger partial charge on any atom is -0.459 e. The molecule has 0 fully saturated rings. The lowest BCUT2D eigenvalue weighted by molar-refractivity contribution is 0.0266. The molecule has 25 heavy (non-hydrogen) atoms. The molecule has 2 nitrogen and oxygen atoms in total. The molecule has 0 aliphatic carbocycles. The number of carbonyl (C=O) groups is 1. The van der Waals surface area contributed by atoms with Gasteiger partial charge < -0.3 is 4.74 Å². The van der Waals surface area contributed by atoms with Crippen LogP contribution in [0.1, 0.15) is 107 Å². The summed E-state index contributed by atoms with van der Waals surface area (Å²) in [4.78, 5) is 12.3. The normalized spacial score (nSPS) is 12.1. The maximum Gasteiger partial charge on any atom is 0.338 e. The Bertz CT molecular complexity index is 467. The van der Waals surface area contributed by atoms with E-state index in [0.29, 0.717) is 5.56 Å². The molecule has 0 aliphatic rings. The van der Waals surface area contributed by atoms with Crippen molar-refractivity contribution in [2.45, 2.75) is 104 Å². The lowest BCUT2D eigenvalue weighted by Gasteiger charge is -2.17. The highest BCUT2D eigenvalue weighted by molar-refractivity contribution is 5.91. The molecule has 0 N–H and O–H groups in total. The number of aryl methyl sites for hydroxylation is 1. The van der Waals surface area contributed by atoms with Crippen molar-refractivity contribution < 1.29 is 9.53 Å². The Morgan fingerprint density at radius 3 is 2.00 bits per heavy atom. The van der Waals surface area contributed by atoms with Crippen LogP contribution in [0.25, 0.3) is 0 Å². The maximum absolute atomic E-state index is 12.3. The molecule has 1 rings (SSSR count). The van der Waals surface area contributed by atoms with Crippen molar-refractivity contribution in [1.82, 2.24) is 0 Å². The van der Waals surface area contributed by atoms with Gasteiger partial charge in [-0.2, -0.15) is 0 Å². The maximum atomic E-state index is 12.3. The quantitative estimate of drug-likeness (QED) is 0.262. The van der Waals surface area contributed by atoms with Crippen LogP contribution < -0.4 is 0 Å². The van der Waals surface area contributed by atoms with Crippen LogP contribution in [0.15, 0.2) is 24.3 Å². The zero-order chi connectivity index (χ0) is 18.3. The van der Waals surface area contributed by atoms with E-state index < -0.39 is 0 Å². The van der Waals surface area contributed by atoms with E-state index in [-0.39, 0.29) is 12.1 Å². The largest absolute Gasteiger partial charge is 0.459 e. The molecule has 0 spiro atoms. The number of hydrogen-bond donors (Lipinski definition) is 0. The van der Waals surface area contributed by atoms with E-state index in [1.807, 2.05) is 31.2 Å². The van der Waals surface area contributed by atoms with E-state index in [1.54, 1.807) is 0 Å². The first-order valence-corrected chi connectivity index (χ1v) is 10.5. The summed E-state index contributed by atoms with van der Waals surface area (Å²) in [6.07, 6.45) is 15.3. The van der Waals surface area contributed by atoms with Crippen molar-refractivity contribution >= 4 is 5.97 Å². The second-order valence-electron chi connectivity index (χ2n) is 7.22. The highest BCUT2D eigenvalue weighted by atomic mass is 16.5. The van der Waals surface area contributed by atoms with Crippen LogP contribution in [0.5, 0.6) is 0 Å². The third-order valence-corrected chi connectivity index (χ3v) is 4.97. The van der Waals surface area contributed by atoms with Gasteiger partial charge in [-0.05, 0) is 37.8 Å². The van der Waals surface area contributed by atoms with Gasteiger partial charge in [-0.25, -0.2) is 4.79 Å². The van der Waals surface area contributed by atoms with E-state index in [1.165, 1.54) is 57.8 Å². The lowest BCUT2D eigenvalue weighted by atomic mass is 10.0. The van der Waals surface area contributed by atoms with E-state index in [4.69, 9.17) is 4.74 Å². The van der Waals surface area contributed by atoms with Crippen LogP contribution in [-0.4, -0.2) is 12.1 Å². The van der Waals surface area contributed by atoms with Gasteiger partial charge in [-0.15, -0.1) is 0 Å². The summed E-state index contributed by atoms with van der Waals surface area (Å²) in [5, 5.41) is 0. The number of unbranched alkanes of at least 4 members (excludes halogenated alkanes) is 9. The molecule has 0 saturated heterocycles. The molecular formula is C23H38O2. The Balaban J connectivity index is 2.12. The monoisotopic (exact) mass is 346 g/mol.